The van der Waals surface area contributed by atoms with Crippen LogP contribution in [0.2, 0.25) is 5.02 Å². The number of halogens is 4. The Morgan fingerprint density at radius 2 is 1.69 bits per heavy atom. The van der Waals surface area contributed by atoms with E-state index in [9.17, 15) is 23.4 Å². The summed E-state index contributed by atoms with van der Waals surface area (Å²) in [5.74, 6) is -0.273. The van der Waals surface area contributed by atoms with Gasteiger partial charge in [0, 0.05) is 5.02 Å². The second-order valence-electron chi connectivity index (χ2n) is 6.77. The molecule has 4 nitrogen and oxygen atoms in total. The van der Waals surface area contributed by atoms with Gasteiger partial charge in [0.15, 0.2) is 0 Å². The zero-order valence-electron chi connectivity index (χ0n) is 15.6. The van der Waals surface area contributed by atoms with E-state index in [1.165, 1.54) is 12.1 Å². The van der Waals surface area contributed by atoms with Crippen LogP contribution in [0, 0.1) is 0 Å². The molecule has 0 fully saturated rings. The number of aliphatic hydroxyl groups is 2. The summed E-state index contributed by atoms with van der Waals surface area (Å²) in [5.41, 5.74) is 4.89. The van der Waals surface area contributed by atoms with Gasteiger partial charge in [-0.1, -0.05) is 35.9 Å². The van der Waals surface area contributed by atoms with Crippen molar-refractivity contribution in [2.45, 2.75) is 24.6 Å². The third kappa shape index (κ3) is 7.04. The van der Waals surface area contributed by atoms with Gasteiger partial charge in [0.2, 0.25) is 0 Å². The largest absolute Gasteiger partial charge is 0.489 e. The second kappa shape index (κ2) is 10.1. The Hall–Kier alpha value is -2.06. The topological polar surface area (TPSA) is 75.7 Å². The quantitative estimate of drug-likeness (QED) is 0.561. The van der Waals surface area contributed by atoms with Gasteiger partial charge >= 0.3 is 6.18 Å². The Bertz CT molecular complexity index is 819. The Morgan fingerprint density at radius 3 is 2.28 bits per heavy atom. The highest BCUT2D eigenvalue weighted by Crippen LogP contribution is 2.37. The predicted octanol–water partition coefficient (Wildman–Crippen LogP) is 4.07. The average molecular weight is 430 g/mol. The van der Waals surface area contributed by atoms with E-state index in [2.05, 4.69) is 0 Å². The molecule has 29 heavy (non-hydrogen) atoms. The molecular weight excluding hydrogens is 407 g/mol. The number of rotatable bonds is 9. The maximum absolute atomic E-state index is 13.4. The van der Waals surface area contributed by atoms with Gasteiger partial charge in [0.05, 0.1) is 24.3 Å². The molecule has 0 atom stereocenters. The SMILES string of the molecule is NC(CO)(CO)CCc1ccc(OCC=Cc2ccc(Cl)cc2)c(C(F)(F)F)c1. The van der Waals surface area contributed by atoms with Crippen LogP contribution in [0.5, 0.6) is 5.75 Å². The first-order valence-electron chi connectivity index (χ1n) is 8.92. The maximum atomic E-state index is 13.4. The van der Waals surface area contributed by atoms with E-state index in [0.717, 1.165) is 11.6 Å². The van der Waals surface area contributed by atoms with Crippen molar-refractivity contribution in [3.8, 4) is 5.75 Å². The van der Waals surface area contributed by atoms with Crippen molar-refractivity contribution in [2.24, 2.45) is 5.73 Å². The maximum Gasteiger partial charge on any atom is 0.419 e. The summed E-state index contributed by atoms with van der Waals surface area (Å²) in [6, 6.07) is 10.8. The molecule has 8 heteroatoms. The third-order valence-corrected chi connectivity index (χ3v) is 4.66. The summed E-state index contributed by atoms with van der Waals surface area (Å²) in [4.78, 5) is 0. The van der Waals surface area contributed by atoms with E-state index in [0.29, 0.717) is 10.6 Å². The van der Waals surface area contributed by atoms with Crippen LogP contribution >= 0.6 is 11.6 Å². The highest BCUT2D eigenvalue weighted by atomic mass is 35.5. The second-order valence-corrected chi connectivity index (χ2v) is 7.21. The van der Waals surface area contributed by atoms with Gasteiger partial charge in [-0.05, 0) is 54.3 Å². The molecule has 0 spiro atoms. The van der Waals surface area contributed by atoms with Crippen LogP contribution in [0.4, 0.5) is 13.2 Å². The van der Waals surface area contributed by atoms with Gasteiger partial charge in [0.1, 0.15) is 12.4 Å². The number of ether oxygens (including phenoxy) is 1. The normalized spacial score (nSPS) is 12.5. The smallest absolute Gasteiger partial charge is 0.419 e. The van der Waals surface area contributed by atoms with Crippen molar-refractivity contribution in [3.05, 3.63) is 70.3 Å². The molecule has 0 aromatic heterocycles. The summed E-state index contributed by atoms with van der Waals surface area (Å²) < 4.78 is 45.6. The monoisotopic (exact) mass is 429 g/mol. The molecule has 0 radical (unpaired) electrons. The summed E-state index contributed by atoms with van der Waals surface area (Å²) in [6.45, 7) is -0.959. The Morgan fingerprint density at radius 1 is 1.03 bits per heavy atom. The minimum atomic E-state index is -4.58. The van der Waals surface area contributed by atoms with Crippen molar-refractivity contribution in [2.75, 3.05) is 19.8 Å². The number of aryl methyl sites for hydroxylation is 1. The first-order chi connectivity index (χ1) is 13.7. The van der Waals surface area contributed by atoms with E-state index in [-0.39, 0.29) is 25.2 Å². The predicted molar refractivity (Wildman–Crippen MR) is 107 cm³/mol. The minimum absolute atomic E-state index is 0.0357. The van der Waals surface area contributed by atoms with Gasteiger partial charge in [-0.3, -0.25) is 0 Å². The summed E-state index contributed by atoms with van der Waals surface area (Å²) in [5, 5.41) is 19.0. The lowest BCUT2D eigenvalue weighted by Gasteiger charge is -2.24. The Kier molecular flexibility index (Phi) is 8.10. The van der Waals surface area contributed by atoms with E-state index in [1.54, 1.807) is 36.4 Å². The van der Waals surface area contributed by atoms with Crippen LogP contribution in [-0.2, 0) is 12.6 Å². The molecule has 4 N–H and O–H groups in total. The Labute approximate surface area is 172 Å². The zero-order valence-corrected chi connectivity index (χ0v) is 16.4. The van der Waals surface area contributed by atoms with E-state index >= 15 is 0 Å². The van der Waals surface area contributed by atoms with Crippen LogP contribution < -0.4 is 10.5 Å². The number of aliphatic hydroxyl groups excluding tert-OH is 2. The fourth-order valence-electron chi connectivity index (χ4n) is 2.58. The molecule has 158 valence electrons. The third-order valence-electron chi connectivity index (χ3n) is 4.41. The molecule has 0 aliphatic heterocycles. The van der Waals surface area contributed by atoms with Crippen molar-refractivity contribution >= 4 is 17.7 Å². The first-order valence-corrected chi connectivity index (χ1v) is 9.30. The molecule has 0 aliphatic carbocycles. The average Bonchev–Trinajstić information content (AvgIpc) is 2.70. The van der Waals surface area contributed by atoms with Gasteiger partial charge in [-0.15, -0.1) is 0 Å². The number of nitrogens with two attached hydrogens (primary N) is 1. The molecule has 0 unspecified atom stereocenters. The number of hydrogen-bond donors (Lipinski definition) is 3. The zero-order chi connectivity index (χ0) is 21.5. The molecule has 0 aliphatic rings. The molecule has 2 rings (SSSR count). The molecular formula is C21H23ClF3NO3. The van der Waals surface area contributed by atoms with Crippen LogP contribution in [0.1, 0.15) is 23.1 Å². The highest BCUT2D eigenvalue weighted by Gasteiger charge is 2.35. The van der Waals surface area contributed by atoms with Gasteiger partial charge in [-0.25, -0.2) is 0 Å². The van der Waals surface area contributed by atoms with Crippen LogP contribution in [0.15, 0.2) is 48.5 Å². The first kappa shape index (κ1) is 23.2. The lowest BCUT2D eigenvalue weighted by Crippen LogP contribution is -2.47. The standard InChI is InChI=1S/C21H23ClF3NO3/c22-17-6-3-15(4-7-17)2-1-11-29-19-8-5-16(12-18(19)21(23,24)25)9-10-20(26,13-27)14-28/h1-8,12,27-28H,9-11,13-14,26H2. The number of hydrogen-bond acceptors (Lipinski definition) is 4. The van der Waals surface area contributed by atoms with Gasteiger partial charge in [0.25, 0.3) is 0 Å². The van der Waals surface area contributed by atoms with E-state index in [1.807, 2.05) is 0 Å². The summed E-state index contributed by atoms with van der Waals surface area (Å²) in [7, 11) is 0. The van der Waals surface area contributed by atoms with Gasteiger partial charge < -0.3 is 20.7 Å². The number of alkyl halides is 3. The van der Waals surface area contributed by atoms with E-state index < -0.39 is 30.5 Å². The summed E-state index contributed by atoms with van der Waals surface area (Å²) >= 11 is 5.80. The molecule has 0 heterocycles. The number of benzene rings is 2. The highest BCUT2D eigenvalue weighted by molar-refractivity contribution is 6.30. The fourth-order valence-corrected chi connectivity index (χ4v) is 2.70. The molecule has 0 bridgehead atoms. The minimum Gasteiger partial charge on any atom is -0.489 e. The lowest BCUT2D eigenvalue weighted by molar-refractivity contribution is -0.138. The molecule has 0 amide bonds. The molecule has 2 aromatic rings. The molecule has 2 aromatic carbocycles. The lowest BCUT2D eigenvalue weighted by atomic mass is 9.93. The van der Waals surface area contributed by atoms with Gasteiger partial charge in [-0.2, -0.15) is 13.2 Å². The van der Waals surface area contributed by atoms with Crippen LogP contribution in [0.25, 0.3) is 6.08 Å². The van der Waals surface area contributed by atoms with Crippen molar-refractivity contribution in [1.82, 2.24) is 0 Å². The van der Waals surface area contributed by atoms with Crippen molar-refractivity contribution < 1.29 is 28.1 Å². The van der Waals surface area contributed by atoms with E-state index in [4.69, 9.17) is 22.1 Å². The van der Waals surface area contributed by atoms with Crippen molar-refractivity contribution in [1.29, 1.82) is 0 Å². The molecule has 0 saturated carbocycles. The summed E-state index contributed by atoms with van der Waals surface area (Å²) in [6.07, 6.45) is -0.928. The van der Waals surface area contributed by atoms with Crippen LogP contribution in [0.3, 0.4) is 0 Å². The Balaban J connectivity index is 2.08. The molecule has 0 saturated heterocycles. The fraction of sp³-hybridized carbons (Fsp3) is 0.333. The van der Waals surface area contributed by atoms with Crippen LogP contribution in [-0.4, -0.2) is 35.6 Å². The van der Waals surface area contributed by atoms with Crippen molar-refractivity contribution in [3.63, 3.8) is 0 Å².